The van der Waals surface area contributed by atoms with Crippen molar-refractivity contribution in [1.82, 2.24) is 4.31 Å². The second-order valence-electron chi connectivity index (χ2n) is 5.21. The first-order valence-corrected chi connectivity index (χ1v) is 8.47. The summed E-state index contributed by atoms with van der Waals surface area (Å²) < 4.78 is 39.4. The molecule has 2 aliphatic rings. The molecule has 2 heterocycles. The number of ether oxygens (including phenoxy) is 2. The second-order valence-corrected chi connectivity index (χ2v) is 6.88. The molecule has 8 heteroatoms. The molecule has 0 bridgehead atoms. The summed E-state index contributed by atoms with van der Waals surface area (Å²) in [5.41, 5.74) is 6.52. The van der Waals surface area contributed by atoms with E-state index in [0.717, 1.165) is 25.7 Å². The van der Waals surface area contributed by atoms with Crippen LogP contribution in [0, 0.1) is 0 Å². The fourth-order valence-electron chi connectivity index (χ4n) is 2.53. The van der Waals surface area contributed by atoms with E-state index in [4.69, 9.17) is 15.2 Å². The minimum Gasteiger partial charge on any atom is -0.454 e. The van der Waals surface area contributed by atoms with E-state index in [1.807, 2.05) is 0 Å². The van der Waals surface area contributed by atoms with Gasteiger partial charge in [0.05, 0.1) is 11.4 Å². The molecule has 0 atom stereocenters. The number of rotatable bonds is 3. The van der Waals surface area contributed by atoms with Crippen LogP contribution in [0.15, 0.2) is 12.1 Å². The second kappa shape index (κ2) is 5.61. The van der Waals surface area contributed by atoms with Gasteiger partial charge in [-0.15, -0.1) is 0 Å². The third-order valence-electron chi connectivity index (χ3n) is 3.69. The molecule has 2 aliphatic heterocycles. The number of nitrogen functional groups attached to an aromatic ring is 1. The van der Waals surface area contributed by atoms with E-state index in [-0.39, 0.29) is 6.79 Å². The fraction of sp³-hybridized carbons (Fsp3) is 0.538. The van der Waals surface area contributed by atoms with Gasteiger partial charge in [-0.25, -0.2) is 0 Å². The quantitative estimate of drug-likeness (QED) is 0.825. The Balaban J connectivity index is 1.82. The van der Waals surface area contributed by atoms with Crippen LogP contribution >= 0.6 is 0 Å². The summed E-state index contributed by atoms with van der Waals surface area (Å²) in [6.45, 7) is 1.21. The van der Waals surface area contributed by atoms with Crippen molar-refractivity contribution in [2.45, 2.75) is 25.7 Å². The summed E-state index contributed by atoms with van der Waals surface area (Å²) in [6, 6.07) is 3.13. The molecule has 0 unspecified atom stereocenters. The number of benzene rings is 1. The van der Waals surface area contributed by atoms with Crippen LogP contribution in [0.4, 0.5) is 11.4 Å². The molecule has 0 spiro atoms. The molecule has 1 saturated heterocycles. The molecular weight excluding hydrogens is 294 g/mol. The average Bonchev–Trinajstić information content (AvgIpc) is 2.72. The van der Waals surface area contributed by atoms with Gasteiger partial charge in [0.1, 0.15) is 0 Å². The topological polar surface area (TPSA) is 93.9 Å². The molecule has 7 nitrogen and oxygen atoms in total. The van der Waals surface area contributed by atoms with Crippen molar-refractivity contribution in [2.75, 3.05) is 30.3 Å². The predicted molar refractivity (Wildman–Crippen MR) is 79.6 cm³/mol. The van der Waals surface area contributed by atoms with Crippen molar-refractivity contribution in [2.24, 2.45) is 0 Å². The van der Waals surface area contributed by atoms with Gasteiger partial charge in [-0.2, -0.15) is 12.7 Å². The monoisotopic (exact) mass is 313 g/mol. The van der Waals surface area contributed by atoms with Crippen molar-refractivity contribution in [3.63, 3.8) is 0 Å². The van der Waals surface area contributed by atoms with Gasteiger partial charge >= 0.3 is 10.2 Å². The third-order valence-corrected chi connectivity index (χ3v) is 5.21. The Labute approximate surface area is 124 Å². The number of nitrogens with one attached hydrogen (secondary N) is 1. The molecule has 1 aromatic carbocycles. The van der Waals surface area contributed by atoms with E-state index in [1.54, 1.807) is 12.1 Å². The molecule has 1 aromatic rings. The van der Waals surface area contributed by atoms with E-state index >= 15 is 0 Å². The Morgan fingerprint density at radius 1 is 1.05 bits per heavy atom. The summed E-state index contributed by atoms with van der Waals surface area (Å²) in [4.78, 5) is 0. The molecule has 0 amide bonds. The third kappa shape index (κ3) is 3.01. The minimum absolute atomic E-state index is 0.122. The number of hydrogen-bond acceptors (Lipinski definition) is 5. The van der Waals surface area contributed by atoms with Crippen LogP contribution in [0.5, 0.6) is 11.5 Å². The van der Waals surface area contributed by atoms with Crippen LogP contribution in [0.25, 0.3) is 0 Å². The first kappa shape index (κ1) is 14.3. The molecule has 0 saturated carbocycles. The van der Waals surface area contributed by atoms with E-state index in [2.05, 4.69) is 4.72 Å². The van der Waals surface area contributed by atoms with Gasteiger partial charge in [0.25, 0.3) is 0 Å². The Bertz CT molecular complexity index is 625. The van der Waals surface area contributed by atoms with Crippen LogP contribution in [-0.4, -0.2) is 32.6 Å². The predicted octanol–water partition coefficient (Wildman–Crippen LogP) is 1.53. The summed E-state index contributed by atoms with van der Waals surface area (Å²) in [7, 11) is -3.59. The number of fused-ring (bicyclic) bond motifs is 1. The molecule has 3 N–H and O–H groups in total. The summed E-state index contributed by atoms with van der Waals surface area (Å²) in [5, 5.41) is 0. The van der Waals surface area contributed by atoms with Gasteiger partial charge in [-0.3, -0.25) is 4.72 Å². The zero-order chi connectivity index (χ0) is 14.9. The standard InChI is InChI=1S/C13H19N3O4S/c14-10-7-12-13(20-9-19-12)8-11(10)15-21(17,18)16-5-3-1-2-4-6-16/h7-8,15H,1-6,9,14H2. The van der Waals surface area contributed by atoms with Crippen molar-refractivity contribution in [3.05, 3.63) is 12.1 Å². The number of nitrogens with zero attached hydrogens (tertiary/aromatic N) is 1. The van der Waals surface area contributed by atoms with Gasteiger partial charge in [0.15, 0.2) is 11.5 Å². The zero-order valence-corrected chi connectivity index (χ0v) is 12.5. The van der Waals surface area contributed by atoms with E-state index in [9.17, 15) is 8.42 Å². The van der Waals surface area contributed by atoms with E-state index < -0.39 is 10.2 Å². The van der Waals surface area contributed by atoms with Crippen LogP contribution in [0.3, 0.4) is 0 Å². The Morgan fingerprint density at radius 3 is 2.33 bits per heavy atom. The first-order chi connectivity index (χ1) is 10.1. The van der Waals surface area contributed by atoms with Gasteiger partial charge in [0, 0.05) is 25.2 Å². The lowest BCUT2D eigenvalue weighted by atomic mass is 10.2. The van der Waals surface area contributed by atoms with Crippen LogP contribution < -0.4 is 19.9 Å². The van der Waals surface area contributed by atoms with E-state index in [0.29, 0.717) is 36.0 Å². The zero-order valence-electron chi connectivity index (χ0n) is 11.7. The average molecular weight is 313 g/mol. The highest BCUT2D eigenvalue weighted by Gasteiger charge is 2.25. The SMILES string of the molecule is Nc1cc2c(cc1NS(=O)(=O)N1CCCCCC1)OCO2. The molecule has 116 valence electrons. The lowest BCUT2D eigenvalue weighted by Gasteiger charge is -2.21. The molecule has 0 radical (unpaired) electrons. The number of nitrogens with two attached hydrogens (primary N) is 1. The molecule has 3 rings (SSSR count). The van der Waals surface area contributed by atoms with Crippen LogP contribution in [0.1, 0.15) is 25.7 Å². The highest BCUT2D eigenvalue weighted by molar-refractivity contribution is 7.90. The van der Waals surface area contributed by atoms with E-state index in [1.165, 1.54) is 4.31 Å². The number of anilines is 2. The Morgan fingerprint density at radius 2 is 1.67 bits per heavy atom. The van der Waals surface area contributed by atoms with Gasteiger partial charge in [-0.1, -0.05) is 12.8 Å². The van der Waals surface area contributed by atoms with Gasteiger partial charge < -0.3 is 15.2 Å². The number of hydrogen-bond donors (Lipinski definition) is 2. The van der Waals surface area contributed by atoms with Crippen molar-refractivity contribution in [3.8, 4) is 11.5 Å². The minimum atomic E-state index is -3.59. The van der Waals surface area contributed by atoms with Crippen molar-refractivity contribution < 1.29 is 17.9 Å². The summed E-state index contributed by atoms with van der Waals surface area (Å²) in [6.07, 6.45) is 3.91. The maximum Gasteiger partial charge on any atom is 0.301 e. The van der Waals surface area contributed by atoms with Crippen molar-refractivity contribution >= 4 is 21.6 Å². The maximum absolute atomic E-state index is 12.4. The first-order valence-electron chi connectivity index (χ1n) is 7.03. The lowest BCUT2D eigenvalue weighted by Crippen LogP contribution is -2.36. The normalized spacial score (nSPS) is 19.2. The highest BCUT2D eigenvalue weighted by atomic mass is 32.2. The Kier molecular flexibility index (Phi) is 3.81. The van der Waals surface area contributed by atoms with Crippen LogP contribution in [0.2, 0.25) is 0 Å². The molecule has 1 fully saturated rings. The summed E-state index contributed by atoms with van der Waals surface area (Å²) >= 11 is 0. The Hall–Kier alpha value is -1.67. The molecule has 0 aromatic heterocycles. The maximum atomic E-state index is 12.4. The smallest absolute Gasteiger partial charge is 0.301 e. The molecule has 0 aliphatic carbocycles. The fourth-order valence-corrected chi connectivity index (χ4v) is 3.85. The van der Waals surface area contributed by atoms with Gasteiger partial charge in [0.2, 0.25) is 6.79 Å². The van der Waals surface area contributed by atoms with Crippen molar-refractivity contribution in [1.29, 1.82) is 0 Å². The molecular formula is C13H19N3O4S. The van der Waals surface area contributed by atoms with Gasteiger partial charge in [-0.05, 0) is 12.8 Å². The largest absolute Gasteiger partial charge is 0.454 e. The molecule has 21 heavy (non-hydrogen) atoms. The summed E-state index contributed by atoms with van der Waals surface area (Å²) in [5.74, 6) is 1.03. The highest BCUT2D eigenvalue weighted by Crippen LogP contribution is 2.38. The lowest BCUT2D eigenvalue weighted by molar-refractivity contribution is 0.174. The van der Waals surface area contributed by atoms with Crippen LogP contribution in [-0.2, 0) is 10.2 Å².